The van der Waals surface area contributed by atoms with Crippen molar-refractivity contribution >= 4 is 22.8 Å². The highest BCUT2D eigenvalue weighted by Crippen LogP contribution is 2.24. The summed E-state index contributed by atoms with van der Waals surface area (Å²) in [6.45, 7) is 6.95. The number of carbonyl (C=O) groups is 1. The minimum Gasteiger partial charge on any atom is -0.444 e. The Morgan fingerprint density at radius 1 is 1.43 bits per heavy atom. The number of carbonyl (C=O) groups excluding carboxylic acids is 1. The van der Waals surface area contributed by atoms with Gasteiger partial charge in [0, 0.05) is 6.54 Å². The number of nitrogens with two attached hydrogens (primary N) is 1. The molecule has 1 unspecified atom stereocenters. The minimum absolute atomic E-state index is 0.0659. The van der Waals surface area contributed by atoms with Crippen LogP contribution in [0.15, 0.2) is 18.2 Å². The van der Waals surface area contributed by atoms with E-state index in [2.05, 4.69) is 10.3 Å². The predicted molar refractivity (Wildman–Crippen MR) is 87.9 cm³/mol. The molecule has 1 amide bonds. The van der Waals surface area contributed by atoms with Crippen LogP contribution in [0.5, 0.6) is 0 Å². The van der Waals surface area contributed by atoms with Gasteiger partial charge in [-0.1, -0.05) is 11.3 Å². The van der Waals surface area contributed by atoms with Crippen LogP contribution in [0, 0.1) is 0 Å². The minimum atomic E-state index is -0.487. The summed E-state index contributed by atoms with van der Waals surface area (Å²) in [7, 11) is 0. The highest BCUT2D eigenvalue weighted by molar-refractivity contribution is 5.86. The molecule has 1 aliphatic heterocycles. The lowest BCUT2D eigenvalue weighted by atomic mass is 10.2. The monoisotopic (exact) mass is 317 g/mol. The Bertz CT molecular complexity index is 719. The molecule has 3 rings (SSSR count). The normalized spacial score (nSPS) is 18.6. The van der Waals surface area contributed by atoms with Crippen LogP contribution in [0.3, 0.4) is 0 Å². The van der Waals surface area contributed by atoms with Crippen molar-refractivity contribution in [2.45, 2.75) is 51.8 Å². The summed E-state index contributed by atoms with van der Waals surface area (Å²) in [4.78, 5) is 14.2. The lowest BCUT2D eigenvalue weighted by Gasteiger charge is -2.28. The molecule has 1 aliphatic rings. The van der Waals surface area contributed by atoms with Crippen molar-refractivity contribution in [1.82, 2.24) is 19.9 Å². The molecule has 0 spiro atoms. The van der Waals surface area contributed by atoms with Gasteiger partial charge in [0.25, 0.3) is 0 Å². The largest absolute Gasteiger partial charge is 0.444 e. The number of ether oxygens (including phenoxy) is 1. The first-order valence-electron chi connectivity index (χ1n) is 7.92. The van der Waals surface area contributed by atoms with Crippen LogP contribution in [0.2, 0.25) is 0 Å². The highest BCUT2D eigenvalue weighted by atomic mass is 16.6. The summed E-state index contributed by atoms with van der Waals surface area (Å²) in [5.74, 6) is 0. The molecule has 0 saturated carbocycles. The smallest absolute Gasteiger partial charge is 0.410 e. The zero-order valence-corrected chi connectivity index (χ0v) is 13.8. The first-order valence-corrected chi connectivity index (χ1v) is 7.92. The number of benzene rings is 1. The molecule has 2 aromatic rings. The van der Waals surface area contributed by atoms with Crippen LogP contribution in [0.25, 0.3) is 11.0 Å². The first-order chi connectivity index (χ1) is 10.8. The van der Waals surface area contributed by atoms with Gasteiger partial charge >= 0.3 is 6.09 Å². The fraction of sp³-hybridized carbons (Fsp3) is 0.562. The van der Waals surface area contributed by atoms with Crippen molar-refractivity contribution in [2.75, 3.05) is 12.3 Å². The van der Waals surface area contributed by atoms with E-state index in [1.165, 1.54) is 0 Å². The summed E-state index contributed by atoms with van der Waals surface area (Å²) in [6.07, 6.45) is 1.64. The molecule has 23 heavy (non-hydrogen) atoms. The maximum atomic E-state index is 12.4. The predicted octanol–water partition coefficient (Wildman–Crippen LogP) is 2.41. The molecule has 0 bridgehead atoms. The van der Waals surface area contributed by atoms with E-state index in [1.54, 1.807) is 4.90 Å². The lowest BCUT2D eigenvalue weighted by molar-refractivity contribution is 0.0212. The fourth-order valence-corrected chi connectivity index (χ4v) is 2.93. The van der Waals surface area contributed by atoms with Gasteiger partial charge in [0.05, 0.1) is 23.8 Å². The second kappa shape index (κ2) is 5.72. The lowest BCUT2D eigenvalue weighted by Crippen LogP contribution is -2.41. The number of fused-ring (bicyclic) bond motifs is 1. The van der Waals surface area contributed by atoms with E-state index in [-0.39, 0.29) is 12.1 Å². The Labute approximate surface area is 135 Å². The average molecular weight is 317 g/mol. The Kier molecular flexibility index (Phi) is 3.87. The van der Waals surface area contributed by atoms with E-state index in [1.807, 2.05) is 43.7 Å². The van der Waals surface area contributed by atoms with Crippen molar-refractivity contribution in [2.24, 2.45) is 0 Å². The molecule has 1 atom stereocenters. The number of nitrogen functional groups attached to an aromatic ring is 1. The third kappa shape index (κ3) is 3.23. The van der Waals surface area contributed by atoms with Crippen molar-refractivity contribution in [3.63, 3.8) is 0 Å². The zero-order chi connectivity index (χ0) is 16.6. The number of hydrogen-bond donors (Lipinski definition) is 1. The van der Waals surface area contributed by atoms with E-state index in [4.69, 9.17) is 10.5 Å². The topological polar surface area (TPSA) is 86.3 Å². The van der Waals surface area contributed by atoms with Gasteiger partial charge in [-0.2, -0.15) is 0 Å². The standard InChI is InChI=1S/C16H23N5O2/c1-16(2,3)23-15(22)20-9-5-6-11(20)10-21-13-8-4-7-12(17)14(13)18-19-21/h4,7-8,11H,5-6,9-10,17H2,1-3H3. The maximum Gasteiger partial charge on any atom is 0.410 e. The maximum absolute atomic E-state index is 12.4. The third-order valence-electron chi connectivity index (χ3n) is 3.97. The molecule has 0 aliphatic carbocycles. The molecule has 2 heterocycles. The van der Waals surface area contributed by atoms with Gasteiger partial charge in [0.1, 0.15) is 11.1 Å². The Hall–Kier alpha value is -2.31. The fourth-order valence-electron chi connectivity index (χ4n) is 2.93. The van der Waals surface area contributed by atoms with Crippen LogP contribution >= 0.6 is 0 Å². The number of rotatable bonds is 2. The number of anilines is 1. The molecule has 2 N–H and O–H groups in total. The molecule has 1 aromatic heterocycles. The second-order valence-corrected chi connectivity index (χ2v) is 6.96. The third-order valence-corrected chi connectivity index (χ3v) is 3.97. The van der Waals surface area contributed by atoms with Gasteiger partial charge in [0.2, 0.25) is 0 Å². The summed E-state index contributed by atoms with van der Waals surface area (Å²) in [5.41, 5.74) is 7.64. The van der Waals surface area contributed by atoms with Crippen molar-refractivity contribution in [3.05, 3.63) is 18.2 Å². The van der Waals surface area contributed by atoms with E-state index < -0.39 is 5.60 Å². The Balaban J connectivity index is 1.78. The van der Waals surface area contributed by atoms with Gasteiger partial charge < -0.3 is 15.4 Å². The Morgan fingerprint density at radius 3 is 2.96 bits per heavy atom. The van der Waals surface area contributed by atoms with Crippen LogP contribution in [0.4, 0.5) is 10.5 Å². The van der Waals surface area contributed by atoms with E-state index in [0.717, 1.165) is 18.4 Å². The van der Waals surface area contributed by atoms with E-state index >= 15 is 0 Å². The summed E-state index contributed by atoms with van der Waals surface area (Å²) >= 11 is 0. The van der Waals surface area contributed by atoms with Gasteiger partial charge in [-0.3, -0.25) is 0 Å². The molecule has 7 nitrogen and oxygen atoms in total. The molecular weight excluding hydrogens is 294 g/mol. The average Bonchev–Trinajstić information content (AvgIpc) is 3.06. The summed E-state index contributed by atoms with van der Waals surface area (Å²) in [5, 5.41) is 8.34. The van der Waals surface area contributed by atoms with Crippen molar-refractivity contribution in [1.29, 1.82) is 0 Å². The van der Waals surface area contributed by atoms with E-state index in [0.29, 0.717) is 24.3 Å². The van der Waals surface area contributed by atoms with Crippen LogP contribution in [0.1, 0.15) is 33.6 Å². The highest BCUT2D eigenvalue weighted by Gasteiger charge is 2.32. The Morgan fingerprint density at radius 2 is 2.22 bits per heavy atom. The van der Waals surface area contributed by atoms with Crippen LogP contribution < -0.4 is 5.73 Å². The first kappa shape index (κ1) is 15.6. The molecule has 124 valence electrons. The second-order valence-electron chi connectivity index (χ2n) is 6.96. The van der Waals surface area contributed by atoms with Crippen molar-refractivity contribution in [3.8, 4) is 0 Å². The molecule has 1 fully saturated rings. The number of aromatic nitrogens is 3. The summed E-state index contributed by atoms with van der Waals surface area (Å²) < 4.78 is 7.32. The number of likely N-dealkylation sites (tertiary alicyclic amines) is 1. The molecule has 1 aromatic carbocycles. The molecular formula is C16H23N5O2. The van der Waals surface area contributed by atoms with E-state index in [9.17, 15) is 4.79 Å². The van der Waals surface area contributed by atoms with Gasteiger partial charge in [-0.25, -0.2) is 9.48 Å². The van der Waals surface area contributed by atoms with Gasteiger partial charge in [0.15, 0.2) is 0 Å². The number of hydrogen-bond acceptors (Lipinski definition) is 5. The zero-order valence-electron chi connectivity index (χ0n) is 13.8. The molecule has 1 saturated heterocycles. The van der Waals surface area contributed by atoms with Crippen LogP contribution in [-0.4, -0.2) is 44.2 Å². The molecule has 7 heteroatoms. The number of nitrogens with zero attached hydrogens (tertiary/aromatic N) is 4. The van der Waals surface area contributed by atoms with Crippen molar-refractivity contribution < 1.29 is 9.53 Å². The summed E-state index contributed by atoms with van der Waals surface area (Å²) in [6, 6.07) is 5.70. The quantitative estimate of drug-likeness (QED) is 0.860. The van der Waals surface area contributed by atoms with Crippen LogP contribution in [-0.2, 0) is 11.3 Å². The molecule has 0 radical (unpaired) electrons. The van der Waals surface area contributed by atoms with Gasteiger partial charge in [-0.05, 0) is 45.7 Å². The SMILES string of the molecule is CC(C)(C)OC(=O)N1CCCC1Cn1nnc2c(N)cccc21. The van der Waals surface area contributed by atoms with Gasteiger partial charge in [-0.15, -0.1) is 5.10 Å². The number of amides is 1.